The lowest BCUT2D eigenvalue weighted by atomic mass is 10.1. The van der Waals surface area contributed by atoms with Gasteiger partial charge in [-0.15, -0.1) is 0 Å². The summed E-state index contributed by atoms with van der Waals surface area (Å²) in [4.78, 5) is 2.11. The highest BCUT2D eigenvalue weighted by atomic mass is 16.3. The molecule has 0 aromatic heterocycles. The monoisotopic (exact) mass is 237 g/mol. The summed E-state index contributed by atoms with van der Waals surface area (Å²) in [7, 11) is 0. The molecular weight excluding hydrogens is 214 g/mol. The van der Waals surface area contributed by atoms with Crippen molar-refractivity contribution in [1.82, 2.24) is 4.90 Å². The first-order valence-electron chi connectivity index (χ1n) is 6.34. The molecule has 0 saturated heterocycles. The largest absolute Gasteiger partial charge is 0.395 e. The first kappa shape index (κ1) is 14.2. The van der Waals surface area contributed by atoms with Crippen molar-refractivity contribution in [2.24, 2.45) is 0 Å². The van der Waals surface area contributed by atoms with E-state index >= 15 is 0 Å². The van der Waals surface area contributed by atoms with Crippen molar-refractivity contribution in [3.63, 3.8) is 0 Å². The number of benzene rings is 1. The lowest BCUT2D eigenvalue weighted by Gasteiger charge is -2.24. The van der Waals surface area contributed by atoms with Crippen LogP contribution in [0.5, 0.6) is 0 Å². The number of hydrogen-bond acceptors (Lipinski definition) is 3. The van der Waals surface area contributed by atoms with Gasteiger partial charge in [0, 0.05) is 13.1 Å². The summed E-state index contributed by atoms with van der Waals surface area (Å²) in [5.41, 5.74) is 0.937. The van der Waals surface area contributed by atoms with Gasteiger partial charge in [-0.05, 0) is 18.5 Å². The number of nitrogens with zero attached hydrogens (tertiary/aromatic N) is 1. The van der Waals surface area contributed by atoms with Gasteiger partial charge in [0.25, 0.3) is 0 Å². The zero-order chi connectivity index (χ0) is 12.5. The molecule has 17 heavy (non-hydrogen) atoms. The molecule has 0 unspecified atom stereocenters. The van der Waals surface area contributed by atoms with E-state index in [1.165, 1.54) is 0 Å². The molecule has 0 saturated carbocycles. The first-order valence-corrected chi connectivity index (χ1v) is 6.34. The smallest absolute Gasteiger partial charge is 0.0916 e. The second-order valence-electron chi connectivity index (χ2n) is 4.30. The zero-order valence-corrected chi connectivity index (χ0v) is 10.5. The number of hydrogen-bond donors (Lipinski definition) is 2. The Kier molecular flexibility index (Phi) is 6.86. The molecule has 0 aliphatic rings. The molecule has 0 aliphatic carbocycles. The molecule has 0 aliphatic heterocycles. The molecule has 1 aromatic rings. The van der Waals surface area contributed by atoms with Gasteiger partial charge >= 0.3 is 0 Å². The summed E-state index contributed by atoms with van der Waals surface area (Å²) in [5, 5.41) is 19.1. The normalized spacial score (nSPS) is 12.9. The SMILES string of the molecule is CCCCN(CCO)C[C@H](O)c1ccccc1. The molecule has 96 valence electrons. The minimum atomic E-state index is -0.473. The summed E-state index contributed by atoms with van der Waals surface area (Å²) in [6.07, 6.45) is 1.75. The van der Waals surface area contributed by atoms with Gasteiger partial charge < -0.3 is 10.2 Å². The Morgan fingerprint density at radius 3 is 2.47 bits per heavy atom. The molecule has 0 amide bonds. The Hall–Kier alpha value is -0.900. The van der Waals surface area contributed by atoms with Crippen LogP contribution in [-0.2, 0) is 0 Å². The molecular formula is C14H23NO2. The minimum Gasteiger partial charge on any atom is -0.395 e. The fourth-order valence-corrected chi connectivity index (χ4v) is 1.84. The quantitative estimate of drug-likeness (QED) is 0.725. The van der Waals surface area contributed by atoms with Crippen LogP contribution in [0, 0.1) is 0 Å². The van der Waals surface area contributed by atoms with Crippen molar-refractivity contribution < 1.29 is 10.2 Å². The summed E-state index contributed by atoms with van der Waals surface area (Å²) in [5.74, 6) is 0. The highest BCUT2D eigenvalue weighted by Crippen LogP contribution is 2.13. The molecule has 0 fully saturated rings. The fourth-order valence-electron chi connectivity index (χ4n) is 1.84. The van der Waals surface area contributed by atoms with Crippen LogP contribution in [-0.4, -0.2) is 41.4 Å². The lowest BCUT2D eigenvalue weighted by molar-refractivity contribution is 0.0989. The third kappa shape index (κ3) is 5.31. The van der Waals surface area contributed by atoms with Gasteiger partial charge in [-0.2, -0.15) is 0 Å². The van der Waals surface area contributed by atoms with Crippen LogP contribution in [0.25, 0.3) is 0 Å². The fraction of sp³-hybridized carbons (Fsp3) is 0.571. The van der Waals surface area contributed by atoms with E-state index in [1.807, 2.05) is 30.3 Å². The van der Waals surface area contributed by atoms with Gasteiger partial charge in [0.2, 0.25) is 0 Å². The van der Waals surface area contributed by atoms with Crippen LogP contribution in [0.15, 0.2) is 30.3 Å². The topological polar surface area (TPSA) is 43.7 Å². The maximum atomic E-state index is 10.1. The van der Waals surface area contributed by atoms with Crippen molar-refractivity contribution in [3.8, 4) is 0 Å². The Morgan fingerprint density at radius 1 is 1.18 bits per heavy atom. The first-order chi connectivity index (χ1) is 8.27. The van der Waals surface area contributed by atoms with E-state index in [4.69, 9.17) is 5.11 Å². The maximum absolute atomic E-state index is 10.1. The molecule has 2 N–H and O–H groups in total. The van der Waals surface area contributed by atoms with Gasteiger partial charge in [-0.3, -0.25) is 4.90 Å². The minimum absolute atomic E-state index is 0.144. The molecule has 1 aromatic carbocycles. The Bertz CT molecular complexity index is 290. The summed E-state index contributed by atoms with van der Waals surface area (Å²) in [6.45, 7) is 4.44. The second kappa shape index (κ2) is 8.23. The van der Waals surface area contributed by atoms with Crippen LogP contribution >= 0.6 is 0 Å². The lowest BCUT2D eigenvalue weighted by Crippen LogP contribution is -2.32. The van der Waals surface area contributed by atoms with Gasteiger partial charge in [-0.1, -0.05) is 43.7 Å². The zero-order valence-electron chi connectivity index (χ0n) is 10.5. The van der Waals surface area contributed by atoms with Crippen molar-refractivity contribution in [2.75, 3.05) is 26.2 Å². The average molecular weight is 237 g/mol. The van der Waals surface area contributed by atoms with Gasteiger partial charge in [0.1, 0.15) is 0 Å². The van der Waals surface area contributed by atoms with Crippen LogP contribution in [0.1, 0.15) is 31.4 Å². The third-order valence-electron chi connectivity index (χ3n) is 2.86. The number of aliphatic hydroxyl groups is 2. The highest BCUT2D eigenvalue weighted by molar-refractivity contribution is 5.17. The van der Waals surface area contributed by atoms with Crippen LogP contribution in [0.4, 0.5) is 0 Å². The van der Waals surface area contributed by atoms with E-state index in [2.05, 4.69) is 11.8 Å². The van der Waals surface area contributed by atoms with E-state index in [9.17, 15) is 5.11 Å². The Morgan fingerprint density at radius 2 is 1.88 bits per heavy atom. The van der Waals surface area contributed by atoms with E-state index in [-0.39, 0.29) is 6.61 Å². The van der Waals surface area contributed by atoms with E-state index in [1.54, 1.807) is 0 Å². The molecule has 0 spiro atoms. The molecule has 1 atom stereocenters. The molecule has 1 rings (SSSR count). The van der Waals surface area contributed by atoms with E-state index in [0.29, 0.717) is 13.1 Å². The van der Waals surface area contributed by atoms with Crippen LogP contribution in [0.3, 0.4) is 0 Å². The molecule has 3 nitrogen and oxygen atoms in total. The van der Waals surface area contributed by atoms with E-state index < -0.39 is 6.10 Å². The molecule has 0 heterocycles. The number of aliphatic hydroxyl groups excluding tert-OH is 2. The summed E-state index contributed by atoms with van der Waals surface area (Å²) in [6, 6.07) is 9.67. The molecule has 0 bridgehead atoms. The van der Waals surface area contributed by atoms with Crippen molar-refractivity contribution >= 4 is 0 Å². The predicted octanol–water partition coefficient (Wildman–Crippen LogP) is 1.81. The van der Waals surface area contributed by atoms with Crippen molar-refractivity contribution in [2.45, 2.75) is 25.9 Å². The second-order valence-corrected chi connectivity index (χ2v) is 4.30. The standard InChI is InChI=1S/C14H23NO2/c1-2-3-9-15(10-11-16)12-14(17)13-7-5-4-6-8-13/h4-8,14,16-17H,2-3,9-12H2,1H3/t14-/m0/s1. The molecule has 0 radical (unpaired) electrons. The summed E-state index contributed by atoms with van der Waals surface area (Å²) < 4.78 is 0. The van der Waals surface area contributed by atoms with Crippen molar-refractivity contribution in [1.29, 1.82) is 0 Å². The third-order valence-corrected chi connectivity index (χ3v) is 2.86. The van der Waals surface area contributed by atoms with Crippen molar-refractivity contribution in [3.05, 3.63) is 35.9 Å². The number of rotatable bonds is 8. The number of unbranched alkanes of at least 4 members (excludes halogenated alkanes) is 1. The van der Waals surface area contributed by atoms with Crippen LogP contribution < -0.4 is 0 Å². The Balaban J connectivity index is 2.48. The van der Waals surface area contributed by atoms with Crippen LogP contribution in [0.2, 0.25) is 0 Å². The average Bonchev–Trinajstić information content (AvgIpc) is 2.37. The van der Waals surface area contributed by atoms with E-state index in [0.717, 1.165) is 24.9 Å². The highest BCUT2D eigenvalue weighted by Gasteiger charge is 2.12. The van der Waals surface area contributed by atoms with Gasteiger partial charge in [-0.25, -0.2) is 0 Å². The van der Waals surface area contributed by atoms with Gasteiger partial charge in [0.15, 0.2) is 0 Å². The van der Waals surface area contributed by atoms with Gasteiger partial charge in [0.05, 0.1) is 12.7 Å². The predicted molar refractivity (Wildman–Crippen MR) is 69.8 cm³/mol. The Labute approximate surface area is 104 Å². The maximum Gasteiger partial charge on any atom is 0.0916 e. The molecule has 3 heteroatoms. The summed E-state index contributed by atoms with van der Waals surface area (Å²) >= 11 is 0.